The second-order valence-electron chi connectivity index (χ2n) is 6.65. The molecule has 1 N–H and O–H groups in total. The summed E-state index contributed by atoms with van der Waals surface area (Å²) in [5, 5.41) is 2.63. The van der Waals surface area contributed by atoms with Gasteiger partial charge < -0.3 is 10.1 Å². The van der Waals surface area contributed by atoms with E-state index < -0.39 is 21.9 Å². The van der Waals surface area contributed by atoms with E-state index in [1.807, 2.05) is 6.92 Å². The lowest BCUT2D eigenvalue weighted by molar-refractivity contribution is 0.0528. The molecule has 0 atom stereocenters. The van der Waals surface area contributed by atoms with Crippen molar-refractivity contribution in [3.63, 3.8) is 0 Å². The molecule has 0 spiro atoms. The van der Waals surface area contributed by atoms with E-state index in [9.17, 15) is 13.2 Å². The number of nitrogens with one attached hydrogen (secondary N) is 1. The topological polar surface area (TPSA) is 93.5 Å². The van der Waals surface area contributed by atoms with Crippen molar-refractivity contribution in [1.82, 2.24) is 18.6 Å². The van der Waals surface area contributed by atoms with Crippen LogP contribution in [0.5, 0.6) is 0 Å². The molecule has 0 aliphatic heterocycles. The first-order chi connectivity index (χ1) is 11.0. The maximum atomic E-state index is 12.5. The zero-order chi connectivity index (χ0) is 18.5. The van der Waals surface area contributed by atoms with Crippen molar-refractivity contribution < 1.29 is 17.9 Å². The highest BCUT2D eigenvalue weighted by Gasteiger charge is 2.24. The van der Waals surface area contributed by atoms with Crippen molar-refractivity contribution in [2.24, 2.45) is 0 Å². The quantitative estimate of drug-likeness (QED) is 0.796. The molecule has 1 rings (SSSR count). The minimum atomic E-state index is -3.65. The Bertz CT molecular complexity index is 660. The molecular weight excluding hydrogens is 332 g/mol. The van der Waals surface area contributed by atoms with Crippen molar-refractivity contribution in [2.45, 2.75) is 52.6 Å². The fourth-order valence-corrected chi connectivity index (χ4v) is 3.19. The van der Waals surface area contributed by atoms with Gasteiger partial charge >= 0.3 is 16.3 Å². The summed E-state index contributed by atoms with van der Waals surface area (Å²) < 4.78 is 32.6. The molecule has 0 aliphatic rings. The van der Waals surface area contributed by atoms with E-state index in [0.717, 1.165) is 10.7 Å². The largest absolute Gasteiger partial charge is 0.444 e. The van der Waals surface area contributed by atoms with Gasteiger partial charge in [0, 0.05) is 39.7 Å². The molecule has 0 aliphatic carbocycles. The van der Waals surface area contributed by atoms with Crippen LogP contribution in [0.1, 0.15) is 45.6 Å². The Labute approximate surface area is 144 Å². The van der Waals surface area contributed by atoms with Gasteiger partial charge in [-0.1, -0.05) is 6.92 Å². The molecule has 0 aromatic carbocycles. The molecule has 1 amide bonds. The summed E-state index contributed by atoms with van der Waals surface area (Å²) in [6.45, 7) is 7.56. The molecule has 0 unspecified atom stereocenters. The zero-order valence-electron chi connectivity index (χ0n) is 15.3. The number of hydrogen-bond acceptors (Lipinski definition) is 5. The summed E-state index contributed by atoms with van der Waals surface area (Å²) >= 11 is 0. The van der Waals surface area contributed by atoms with Crippen LogP contribution in [0, 0.1) is 0 Å². The number of aromatic nitrogens is 2. The van der Waals surface area contributed by atoms with Crippen LogP contribution in [-0.2, 0) is 27.8 Å². The zero-order valence-corrected chi connectivity index (χ0v) is 16.1. The number of alkyl carbamates (subject to hydrolysis) is 1. The van der Waals surface area contributed by atoms with Gasteiger partial charge in [0.05, 0.1) is 5.69 Å². The molecule has 0 saturated heterocycles. The van der Waals surface area contributed by atoms with Crippen molar-refractivity contribution in [3.05, 3.63) is 17.7 Å². The predicted molar refractivity (Wildman–Crippen MR) is 92.2 cm³/mol. The highest BCUT2D eigenvalue weighted by Crippen LogP contribution is 2.14. The van der Waals surface area contributed by atoms with Gasteiger partial charge in [0.2, 0.25) is 0 Å². The Morgan fingerprint density at radius 3 is 2.46 bits per heavy atom. The van der Waals surface area contributed by atoms with Gasteiger partial charge in [-0.2, -0.15) is 12.7 Å². The number of aryl methyl sites for hydroxylation is 1. The first-order valence-electron chi connectivity index (χ1n) is 7.94. The summed E-state index contributed by atoms with van der Waals surface area (Å²) in [6, 6.07) is 0. The van der Waals surface area contributed by atoms with Crippen LogP contribution < -0.4 is 5.32 Å². The minimum absolute atomic E-state index is 0.259. The fraction of sp³-hybridized carbons (Fsp3) is 0.733. The lowest BCUT2D eigenvalue weighted by Crippen LogP contribution is -2.35. The first kappa shape index (κ1) is 20.4. The van der Waals surface area contributed by atoms with E-state index in [0.29, 0.717) is 24.4 Å². The Kier molecular flexibility index (Phi) is 6.79. The van der Waals surface area contributed by atoms with Crippen LogP contribution in [0.4, 0.5) is 4.79 Å². The molecule has 9 heteroatoms. The summed E-state index contributed by atoms with van der Waals surface area (Å²) in [5.74, 6) is 0.499. The fourth-order valence-electron chi connectivity index (χ4n) is 2.03. The number of carbonyl (C=O) groups excluding carboxylic acids is 1. The average molecular weight is 360 g/mol. The number of rotatable bonds is 7. The Balaban J connectivity index is 2.88. The van der Waals surface area contributed by atoms with Crippen LogP contribution in [0.25, 0.3) is 0 Å². The number of imidazole rings is 1. The summed E-state index contributed by atoms with van der Waals surface area (Å²) in [7, 11) is -0.693. The number of ether oxygens (including phenoxy) is 1. The highest BCUT2D eigenvalue weighted by atomic mass is 32.2. The van der Waals surface area contributed by atoms with Crippen molar-refractivity contribution in [2.75, 3.05) is 20.6 Å². The molecular formula is C15H28N4O4S. The van der Waals surface area contributed by atoms with Crippen molar-refractivity contribution >= 4 is 16.3 Å². The lowest BCUT2D eigenvalue weighted by atomic mass is 10.2. The molecule has 24 heavy (non-hydrogen) atoms. The lowest BCUT2D eigenvalue weighted by Gasteiger charge is -2.20. The first-order valence-corrected chi connectivity index (χ1v) is 9.34. The van der Waals surface area contributed by atoms with Crippen LogP contribution in [0.15, 0.2) is 6.20 Å². The SMILES string of the molecule is CCCc1ncc(CCNC(=O)OC(C)(C)C)n1S(=O)(=O)N(C)C. The van der Waals surface area contributed by atoms with Gasteiger partial charge in [-0.15, -0.1) is 0 Å². The van der Waals surface area contributed by atoms with Crippen LogP contribution in [0.3, 0.4) is 0 Å². The van der Waals surface area contributed by atoms with Crippen molar-refractivity contribution in [1.29, 1.82) is 0 Å². The smallest absolute Gasteiger partial charge is 0.407 e. The van der Waals surface area contributed by atoms with E-state index in [2.05, 4.69) is 10.3 Å². The van der Waals surface area contributed by atoms with Crippen LogP contribution in [-0.4, -0.2) is 54.0 Å². The standard InChI is InChI=1S/C15H28N4O4S/c1-7-8-13-17-11-12(19(13)24(21,22)18(5)6)9-10-16-14(20)23-15(2,3)4/h11H,7-10H2,1-6H3,(H,16,20). The average Bonchev–Trinajstić information content (AvgIpc) is 2.80. The molecule has 1 aromatic rings. The Morgan fingerprint density at radius 2 is 1.96 bits per heavy atom. The molecule has 0 bridgehead atoms. The van der Waals surface area contributed by atoms with Crippen LogP contribution >= 0.6 is 0 Å². The summed E-state index contributed by atoms with van der Waals surface area (Å²) in [4.78, 5) is 15.9. The minimum Gasteiger partial charge on any atom is -0.444 e. The van der Waals surface area contributed by atoms with E-state index >= 15 is 0 Å². The highest BCUT2D eigenvalue weighted by molar-refractivity contribution is 7.87. The van der Waals surface area contributed by atoms with E-state index in [1.54, 1.807) is 27.0 Å². The second kappa shape index (κ2) is 7.98. The molecule has 138 valence electrons. The summed E-state index contributed by atoms with van der Waals surface area (Å²) in [6.07, 6.45) is 2.70. The van der Waals surface area contributed by atoms with Gasteiger partial charge in [-0.05, 0) is 27.2 Å². The molecule has 0 fully saturated rings. The second-order valence-corrected chi connectivity index (χ2v) is 8.64. The Hall–Kier alpha value is -1.61. The Morgan fingerprint density at radius 1 is 1.33 bits per heavy atom. The molecule has 1 aromatic heterocycles. The third-order valence-electron chi connectivity index (χ3n) is 3.07. The number of carbonyl (C=O) groups is 1. The molecule has 1 heterocycles. The maximum Gasteiger partial charge on any atom is 0.407 e. The third-order valence-corrected chi connectivity index (χ3v) is 4.90. The van der Waals surface area contributed by atoms with E-state index in [1.165, 1.54) is 18.1 Å². The predicted octanol–water partition coefficient (Wildman–Crippen LogP) is 1.56. The number of hydrogen-bond donors (Lipinski definition) is 1. The maximum absolute atomic E-state index is 12.5. The van der Waals surface area contributed by atoms with Gasteiger partial charge in [0.15, 0.2) is 0 Å². The van der Waals surface area contributed by atoms with Crippen LogP contribution in [0.2, 0.25) is 0 Å². The number of amides is 1. The molecule has 0 radical (unpaired) electrons. The summed E-state index contributed by atoms with van der Waals surface area (Å²) in [5.41, 5.74) is -0.0442. The molecule has 0 saturated carbocycles. The van der Waals surface area contributed by atoms with Gasteiger partial charge in [0.25, 0.3) is 0 Å². The molecule has 8 nitrogen and oxygen atoms in total. The normalized spacial score (nSPS) is 12.5. The third kappa shape index (κ3) is 5.48. The van der Waals surface area contributed by atoms with Gasteiger partial charge in [-0.3, -0.25) is 0 Å². The monoisotopic (exact) mass is 360 g/mol. The van der Waals surface area contributed by atoms with Gasteiger partial charge in [0.1, 0.15) is 11.4 Å². The van der Waals surface area contributed by atoms with E-state index in [-0.39, 0.29) is 6.54 Å². The van der Waals surface area contributed by atoms with E-state index in [4.69, 9.17) is 4.74 Å². The van der Waals surface area contributed by atoms with Crippen molar-refractivity contribution in [3.8, 4) is 0 Å². The number of nitrogens with zero attached hydrogens (tertiary/aromatic N) is 3. The van der Waals surface area contributed by atoms with Gasteiger partial charge in [-0.25, -0.2) is 13.8 Å².